The number of anilines is 1. The molecule has 1 aromatic carbocycles. The molecule has 1 saturated heterocycles. The second kappa shape index (κ2) is 3.97. The van der Waals surface area contributed by atoms with Gasteiger partial charge < -0.3 is 4.90 Å². The molecule has 0 N–H and O–H groups in total. The first-order valence-corrected chi connectivity index (χ1v) is 5.69. The fourth-order valence-electron chi connectivity index (χ4n) is 2.06. The van der Waals surface area contributed by atoms with E-state index in [1.807, 2.05) is 18.5 Å². The Kier molecular flexibility index (Phi) is 2.33. The zero-order valence-electron chi connectivity index (χ0n) is 9.13. The second-order valence-corrected chi connectivity index (χ2v) is 4.10. The summed E-state index contributed by atoms with van der Waals surface area (Å²) in [5.41, 5.74) is 3.80. The van der Waals surface area contributed by atoms with Crippen LogP contribution in [0.25, 0.3) is 11.1 Å². The van der Waals surface area contributed by atoms with Gasteiger partial charge in [0.05, 0.1) is 0 Å². The molecule has 3 rings (SSSR count). The highest BCUT2D eigenvalue weighted by Crippen LogP contribution is 2.31. The Morgan fingerprint density at radius 1 is 1.00 bits per heavy atom. The minimum atomic E-state index is 1.17. The molecule has 0 saturated carbocycles. The second-order valence-electron chi connectivity index (χ2n) is 4.10. The molecule has 0 aliphatic carbocycles. The Bertz CT molecular complexity index is 475. The molecule has 1 aliphatic rings. The number of pyridine rings is 1. The van der Waals surface area contributed by atoms with Crippen LogP contribution in [-0.4, -0.2) is 18.1 Å². The van der Waals surface area contributed by atoms with Crippen molar-refractivity contribution in [2.75, 3.05) is 18.0 Å². The quantitative estimate of drug-likeness (QED) is 0.757. The van der Waals surface area contributed by atoms with Crippen molar-refractivity contribution in [3.05, 3.63) is 48.8 Å². The number of benzene rings is 1. The van der Waals surface area contributed by atoms with Gasteiger partial charge >= 0.3 is 0 Å². The van der Waals surface area contributed by atoms with E-state index in [1.165, 1.54) is 36.3 Å². The molecule has 0 amide bonds. The smallest absolute Gasteiger partial charge is 0.0476 e. The SMILES string of the molecule is c1ccc(-c2cnccc2N2CCC2)cc1. The third-order valence-corrected chi connectivity index (χ3v) is 3.08. The molecule has 2 heteroatoms. The van der Waals surface area contributed by atoms with Crippen molar-refractivity contribution in [3.8, 4) is 11.1 Å². The monoisotopic (exact) mass is 210 g/mol. The van der Waals surface area contributed by atoms with Gasteiger partial charge in [0.15, 0.2) is 0 Å². The molecule has 0 bridgehead atoms. The Balaban J connectivity index is 2.06. The first-order chi connectivity index (χ1) is 7.95. The van der Waals surface area contributed by atoms with Crippen LogP contribution in [0.3, 0.4) is 0 Å². The largest absolute Gasteiger partial charge is 0.371 e. The van der Waals surface area contributed by atoms with Crippen LogP contribution in [0.5, 0.6) is 0 Å². The molecule has 1 aromatic heterocycles. The van der Waals surface area contributed by atoms with Crippen LogP contribution in [-0.2, 0) is 0 Å². The maximum atomic E-state index is 4.24. The zero-order chi connectivity index (χ0) is 10.8. The maximum Gasteiger partial charge on any atom is 0.0476 e. The third kappa shape index (κ3) is 1.56. The van der Waals surface area contributed by atoms with Crippen molar-refractivity contribution in [2.45, 2.75) is 6.42 Å². The fraction of sp³-hybridized carbons (Fsp3) is 0.214. The first-order valence-electron chi connectivity index (χ1n) is 5.69. The van der Waals surface area contributed by atoms with Crippen LogP contribution < -0.4 is 4.90 Å². The van der Waals surface area contributed by atoms with Crippen molar-refractivity contribution in [1.82, 2.24) is 4.98 Å². The molecule has 1 aliphatic heterocycles. The summed E-state index contributed by atoms with van der Waals surface area (Å²) in [6, 6.07) is 12.6. The minimum absolute atomic E-state index is 1.17. The molecule has 1 fully saturated rings. The van der Waals surface area contributed by atoms with Gasteiger partial charge in [-0.25, -0.2) is 0 Å². The van der Waals surface area contributed by atoms with E-state index in [2.05, 4.69) is 40.2 Å². The van der Waals surface area contributed by atoms with E-state index in [9.17, 15) is 0 Å². The van der Waals surface area contributed by atoms with Gasteiger partial charge in [0.1, 0.15) is 0 Å². The predicted molar refractivity (Wildman–Crippen MR) is 66.5 cm³/mol. The molecular formula is C14H14N2. The van der Waals surface area contributed by atoms with Gasteiger partial charge in [-0.3, -0.25) is 4.98 Å². The molecule has 16 heavy (non-hydrogen) atoms. The molecule has 80 valence electrons. The van der Waals surface area contributed by atoms with E-state index in [-0.39, 0.29) is 0 Å². The highest BCUT2D eigenvalue weighted by Gasteiger charge is 2.17. The van der Waals surface area contributed by atoms with Crippen LogP contribution in [0.1, 0.15) is 6.42 Å². The van der Waals surface area contributed by atoms with Gasteiger partial charge in [0.25, 0.3) is 0 Å². The first kappa shape index (κ1) is 9.40. The number of hydrogen-bond acceptors (Lipinski definition) is 2. The van der Waals surface area contributed by atoms with Gasteiger partial charge in [-0.05, 0) is 18.1 Å². The Labute approximate surface area is 95.6 Å². The van der Waals surface area contributed by atoms with Crippen LogP contribution >= 0.6 is 0 Å². The van der Waals surface area contributed by atoms with E-state index in [0.29, 0.717) is 0 Å². The summed E-state index contributed by atoms with van der Waals surface area (Å²) in [5.74, 6) is 0. The lowest BCUT2D eigenvalue weighted by atomic mass is 10.0. The highest BCUT2D eigenvalue weighted by molar-refractivity contribution is 5.78. The van der Waals surface area contributed by atoms with E-state index in [0.717, 1.165) is 0 Å². The average molecular weight is 210 g/mol. The number of rotatable bonds is 2. The molecule has 0 unspecified atom stereocenters. The summed E-state index contributed by atoms with van der Waals surface area (Å²) in [5, 5.41) is 0. The van der Waals surface area contributed by atoms with Crippen LogP contribution in [0.15, 0.2) is 48.8 Å². The van der Waals surface area contributed by atoms with E-state index in [4.69, 9.17) is 0 Å². The summed E-state index contributed by atoms with van der Waals surface area (Å²) < 4.78 is 0. The lowest BCUT2D eigenvalue weighted by Crippen LogP contribution is -2.37. The average Bonchev–Trinajstić information content (AvgIpc) is 2.29. The van der Waals surface area contributed by atoms with Gasteiger partial charge in [-0.1, -0.05) is 30.3 Å². The van der Waals surface area contributed by atoms with E-state index in [1.54, 1.807) is 0 Å². The summed E-state index contributed by atoms with van der Waals surface area (Å²) in [4.78, 5) is 6.64. The summed E-state index contributed by atoms with van der Waals surface area (Å²) in [7, 11) is 0. The van der Waals surface area contributed by atoms with Gasteiger partial charge in [-0.2, -0.15) is 0 Å². The van der Waals surface area contributed by atoms with Crippen molar-refractivity contribution < 1.29 is 0 Å². The van der Waals surface area contributed by atoms with Crippen molar-refractivity contribution in [1.29, 1.82) is 0 Å². The number of hydrogen-bond donors (Lipinski definition) is 0. The molecular weight excluding hydrogens is 196 g/mol. The molecule has 0 atom stereocenters. The van der Waals surface area contributed by atoms with E-state index < -0.39 is 0 Å². The van der Waals surface area contributed by atoms with Crippen molar-refractivity contribution in [2.24, 2.45) is 0 Å². The van der Waals surface area contributed by atoms with Crippen molar-refractivity contribution in [3.63, 3.8) is 0 Å². The normalized spacial score (nSPS) is 14.6. The minimum Gasteiger partial charge on any atom is -0.371 e. The molecule has 2 nitrogen and oxygen atoms in total. The fourth-order valence-corrected chi connectivity index (χ4v) is 2.06. The van der Waals surface area contributed by atoms with Gasteiger partial charge in [0, 0.05) is 36.7 Å². The Morgan fingerprint density at radius 3 is 2.50 bits per heavy atom. The summed E-state index contributed by atoms with van der Waals surface area (Å²) in [6.07, 6.45) is 5.14. The van der Waals surface area contributed by atoms with Crippen LogP contribution in [0.4, 0.5) is 5.69 Å². The Hall–Kier alpha value is -1.83. The molecule has 0 spiro atoms. The predicted octanol–water partition coefficient (Wildman–Crippen LogP) is 2.96. The zero-order valence-corrected chi connectivity index (χ0v) is 9.13. The maximum absolute atomic E-state index is 4.24. The summed E-state index contributed by atoms with van der Waals surface area (Å²) in [6.45, 7) is 2.34. The highest BCUT2D eigenvalue weighted by atomic mass is 15.2. The molecule has 2 heterocycles. The number of aromatic nitrogens is 1. The van der Waals surface area contributed by atoms with Gasteiger partial charge in [0.2, 0.25) is 0 Å². The topological polar surface area (TPSA) is 16.1 Å². The molecule has 2 aromatic rings. The lowest BCUT2D eigenvalue weighted by Gasteiger charge is -2.34. The van der Waals surface area contributed by atoms with Crippen LogP contribution in [0, 0.1) is 0 Å². The standard InChI is InChI=1S/C14H14N2/c1-2-5-12(6-3-1)13-11-15-8-7-14(13)16-9-4-10-16/h1-3,5-8,11H,4,9-10H2. The van der Waals surface area contributed by atoms with E-state index >= 15 is 0 Å². The lowest BCUT2D eigenvalue weighted by molar-refractivity contribution is 0.618. The third-order valence-electron chi connectivity index (χ3n) is 3.08. The summed E-state index contributed by atoms with van der Waals surface area (Å²) >= 11 is 0. The van der Waals surface area contributed by atoms with Gasteiger partial charge in [-0.15, -0.1) is 0 Å². The molecule has 0 radical (unpaired) electrons. The van der Waals surface area contributed by atoms with Crippen molar-refractivity contribution >= 4 is 5.69 Å². The Morgan fingerprint density at radius 2 is 1.81 bits per heavy atom. The number of nitrogens with zero attached hydrogens (tertiary/aromatic N) is 2. The van der Waals surface area contributed by atoms with Crippen LogP contribution in [0.2, 0.25) is 0 Å².